The number of anilines is 1. The third-order valence-corrected chi connectivity index (χ3v) is 2.43. The van der Waals surface area contributed by atoms with Gasteiger partial charge in [-0.3, -0.25) is 4.79 Å². The molecule has 0 aliphatic heterocycles. The van der Waals surface area contributed by atoms with Gasteiger partial charge < -0.3 is 10.4 Å². The number of nitrogens with zero attached hydrogens (tertiary/aromatic N) is 1. The van der Waals surface area contributed by atoms with Crippen molar-refractivity contribution in [2.75, 3.05) is 5.32 Å². The highest BCUT2D eigenvalue weighted by Crippen LogP contribution is 2.29. The van der Waals surface area contributed by atoms with Crippen molar-refractivity contribution < 1.29 is 14.7 Å². The van der Waals surface area contributed by atoms with Crippen LogP contribution in [0.1, 0.15) is 16.8 Å². The van der Waals surface area contributed by atoms with Crippen molar-refractivity contribution in [2.24, 2.45) is 0 Å². The van der Waals surface area contributed by atoms with E-state index in [1.807, 2.05) is 0 Å². The topological polar surface area (TPSA) is 90.2 Å². The van der Waals surface area contributed by atoms with Crippen molar-refractivity contribution in [3.63, 3.8) is 0 Å². The van der Waals surface area contributed by atoms with Gasteiger partial charge in [0.1, 0.15) is 6.42 Å². The van der Waals surface area contributed by atoms with Crippen molar-refractivity contribution in [3.8, 4) is 6.07 Å². The number of aromatic carboxylic acids is 1. The van der Waals surface area contributed by atoms with Gasteiger partial charge in [-0.1, -0.05) is 23.2 Å². The predicted molar refractivity (Wildman–Crippen MR) is 62.3 cm³/mol. The highest BCUT2D eigenvalue weighted by atomic mass is 35.5. The average Bonchev–Trinajstić information content (AvgIpc) is 2.21. The number of benzene rings is 1. The van der Waals surface area contributed by atoms with E-state index in [1.165, 1.54) is 6.07 Å². The molecule has 0 radical (unpaired) electrons. The molecule has 0 heterocycles. The van der Waals surface area contributed by atoms with Crippen LogP contribution in [0, 0.1) is 11.3 Å². The summed E-state index contributed by atoms with van der Waals surface area (Å²) >= 11 is 11.4. The Morgan fingerprint density at radius 1 is 1.35 bits per heavy atom. The standard InChI is InChI=1S/C10H6Cl2N2O3/c11-6-4-7(12)8(3-5(6)10(16)17)14-9(15)1-2-13/h3-4H,1H2,(H,14,15)(H,16,17). The first-order chi connectivity index (χ1) is 7.95. The van der Waals surface area contributed by atoms with Gasteiger partial charge in [0.25, 0.3) is 0 Å². The maximum absolute atomic E-state index is 11.2. The molecule has 5 nitrogen and oxygen atoms in total. The number of nitriles is 1. The predicted octanol–water partition coefficient (Wildman–Crippen LogP) is 2.54. The summed E-state index contributed by atoms with van der Waals surface area (Å²) in [7, 11) is 0. The molecule has 88 valence electrons. The van der Waals surface area contributed by atoms with Gasteiger partial charge in [-0.15, -0.1) is 0 Å². The molecule has 7 heteroatoms. The molecule has 1 rings (SSSR count). The molecule has 1 aromatic rings. The lowest BCUT2D eigenvalue weighted by molar-refractivity contribution is -0.115. The van der Waals surface area contributed by atoms with Crippen LogP contribution >= 0.6 is 23.2 Å². The summed E-state index contributed by atoms with van der Waals surface area (Å²) < 4.78 is 0. The van der Waals surface area contributed by atoms with E-state index >= 15 is 0 Å². The van der Waals surface area contributed by atoms with E-state index in [4.69, 9.17) is 33.6 Å². The minimum Gasteiger partial charge on any atom is -0.478 e. The van der Waals surface area contributed by atoms with Crippen LogP contribution in [0.4, 0.5) is 5.69 Å². The van der Waals surface area contributed by atoms with Crippen LogP contribution in [0.2, 0.25) is 10.0 Å². The van der Waals surface area contributed by atoms with E-state index < -0.39 is 11.9 Å². The summed E-state index contributed by atoms with van der Waals surface area (Å²) in [6.45, 7) is 0. The van der Waals surface area contributed by atoms with E-state index in [0.29, 0.717) is 0 Å². The summed E-state index contributed by atoms with van der Waals surface area (Å²) in [6, 6.07) is 4.02. The number of carboxylic acids is 1. The molecule has 1 amide bonds. The van der Waals surface area contributed by atoms with Crippen molar-refractivity contribution in [2.45, 2.75) is 6.42 Å². The Labute approximate surface area is 107 Å². The number of hydrogen-bond donors (Lipinski definition) is 2. The van der Waals surface area contributed by atoms with Crippen molar-refractivity contribution in [1.29, 1.82) is 5.26 Å². The minimum absolute atomic E-state index is 0.0271. The molecule has 0 spiro atoms. The Balaban J connectivity index is 3.09. The number of nitrogens with one attached hydrogen (secondary N) is 1. The zero-order valence-electron chi connectivity index (χ0n) is 8.33. The van der Waals surface area contributed by atoms with Gasteiger partial charge in [-0.25, -0.2) is 4.79 Å². The van der Waals surface area contributed by atoms with Crippen LogP contribution in [0.5, 0.6) is 0 Å². The first kappa shape index (κ1) is 13.3. The Hall–Kier alpha value is -1.77. The van der Waals surface area contributed by atoms with Crippen molar-refractivity contribution >= 4 is 40.8 Å². The Morgan fingerprint density at radius 3 is 2.53 bits per heavy atom. The third kappa shape index (κ3) is 3.34. The van der Waals surface area contributed by atoms with E-state index in [2.05, 4.69) is 5.32 Å². The number of hydrogen-bond acceptors (Lipinski definition) is 3. The fourth-order valence-corrected chi connectivity index (χ4v) is 1.59. The molecule has 0 saturated carbocycles. The van der Waals surface area contributed by atoms with Crippen LogP contribution in [0.25, 0.3) is 0 Å². The summed E-state index contributed by atoms with van der Waals surface area (Å²) in [4.78, 5) is 22.0. The van der Waals surface area contributed by atoms with Gasteiger partial charge in [0, 0.05) is 0 Å². The fourth-order valence-electron chi connectivity index (χ4n) is 1.07. The van der Waals surface area contributed by atoms with Gasteiger partial charge in [0.15, 0.2) is 0 Å². The average molecular weight is 273 g/mol. The van der Waals surface area contributed by atoms with E-state index in [1.54, 1.807) is 6.07 Å². The molecular formula is C10H6Cl2N2O3. The van der Waals surface area contributed by atoms with Crippen LogP contribution in [-0.2, 0) is 4.79 Å². The second-order valence-electron chi connectivity index (χ2n) is 3.00. The van der Waals surface area contributed by atoms with Crippen LogP contribution < -0.4 is 5.32 Å². The maximum atomic E-state index is 11.2. The summed E-state index contributed by atoms with van der Waals surface area (Å²) in [6.07, 6.45) is -0.346. The van der Waals surface area contributed by atoms with Crippen molar-refractivity contribution in [1.82, 2.24) is 0 Å². The number of rotatable bonds is 3. The zero-order valence-corrected chi connectivity index (χ0v) is 9.84. The lowest BCUT2D eigenvalue weighted by Gasteiger charge is -2.08. The Kier molecular flexibility index (Phi) is 4.32. The van der Waals surface area contributed by atoms with E-state index in [0.717, 1.165) is 6.07 Å². The van der Waals surface area contributed by atoms with Gasteiger partial charge in [0.2, 0.25) is 5.91 Å². The van der Waals surface area contributed by atoms with Gasteiger partial charge >= 0.3 is 5.97 Å². The molecule has 1 aromatic carbocycles. The number of halogens is 2. The maximum Gasteiger partial charge on any atom is 0.337 e. The number of carbonyl (C=O) groups excluding carboxylic acids is 1. The SMILES string of the molecule is N#CCC(=O)Nc1cc(C(=O)O)c(Cl)cc1Cl. The normalized spacial score (nSPS) is 9.47. The van der Waals surface area contributed by atoms with Gasteiger partial charge in [-0.2, -0.15) is 5.26 Å². The second kappa shape index (κ2) is 5.53. The molecular weight excluding hydrogens is 267 g/mol. The lowest BCUT2D eigenvalue weighted by atomic mass is 10.2. The summed E-state index contributed by atoms with van der Waals surface area (Å²) in [5, 5.41) is 19.5. The molecule has 0 bridgehead atoms. The number of amides is 1. The zero-order chi connectivity index (χ0) is 13.0. The molecule has 17 heavy (non-hydrogen) atoms. The number of carbonyl (C=O) groups is 2. The van der Waals surface area contributed by atoms with Gasteiger partial charge in [-0.05, 0) is 12.1 Å². The van der Waals surface area contributed by atoms with Crippen LogP contribution in [-0.4, -0.2) is 17.0 Å². The summed E-state index contributed by atoms with van der Waals surface area (Å²) in [5.41, 5.74) is -0.0722. The third-order valence-electron chi connectivity index (χ3n) is 1.80. The molecule has 2 N–H and O–H groups in total. The van der Waals surface area contributed by atoms with Gasteiger partial charge in [0.05, 0.1) is 27.4 Å². The van der Waals surface area contributed by atoms with Crippen LogP contribution in [0.3, 0.4) is 0 Å². The largest absolute Gasteiger partial charge is 0.478 e. The fraction of sp³-hybridized carbons (Fsp3) is 0.100. The molecule has 0 aromatic heterocycles. The monoisotopic (exact) mass is 272 g/mol. The molecule has 0 saturated heterocycles. The summed E-state index contributed by atoms with van der Waals surface area (Å²) in [5.74, 6) is -1.81. The minimum atomic E-state index is -1.23. The van der Waals surface area contributed by atoms with Crippen molar-refractivity contribution in [3.05, 3.63) is 27.7 Å². The molecule has 0 atom stereocenters. The first-order valence-electron chi connectivity index (χ1n) is 4.35. The van der Waals surface area contributed by atoms with E-state index in [-0.39, 0.29) is 27.7 Å². The second-order valence-corrected chi connectivity index (χ2v) is 3.81. The first-order valence-corrected chi connectivity index (χ1v) is 5.10. The molecule has 0 aliphatic rings. The lowest BCUT2D eigenvalue weighted by Crippen LogP contribution is -2.11. The molecule has 0 unspecified atom stereocenters. The van der Waals surface area contributed by atoms with Crippen LogP contribution in [0.15, 0.2) is 12.1 Å². The van der Waals surface area contributed by atoms with E-state index in [9.17, 15) is 9.59 Å². The molecule has 0 fully saturated rings. The number of carboxylic acid groups (broad SMARTS) is 1. The molecule has 0 aliphatic carbocycles. The smallest absolute Gasteiger partial charge is 0.337 e. The highest BCUT2D eigenvalue weighted by Gasteiger charge is 2.14. The Morgan fingerprint density at radius 2 is 2.00 bits per heavy atom. The highest BCUT2D eigenvalue weighted by molar-refractivity contribution is 6.38. The quantitative estimate of drug-likeness (QED) is 0.885. The Bertz CT molecular complexity index is 523.